The van der Waals surface area contributed by atoms with Crippen LogP contribution in [0.25, 0.3) is 0 Å². The molecule has 11 heteroatoms. The smallest absolute Gasteiger partial charge is 0.251 e. The highest BCUT2D eigenvalue weighted by molar-refractivity contribution is 6.31. The van der Waals surface area contributed by atoms with E-state index in [0.717, 1.165) is 0 Å². The summed E-state index contributed by atoms with van der Waals surface area (Å²) in [7, 11) is 0. The number of allylic oxidation sites excluding steroid dienone is 8. The van der Waals surface area contributed by atoms with Gasteiger partial charge in [-0.1, -0.05) is 75.5 Å². The monoisotopic (exact) mass is 700 g/mol. The number of aliphatic hydroxyl groups is 3. The number of hydrogen-bond donors (Lipinski definition) is 6. The third-order valence-corrected chi connectivity index (χ3v) is 9.20. The zero-order valence-electron chi connectivity index (χ0n) is 30.1. The van der Waals surface area contributed by atoms with Gasteiger partial charge in [0, 0.05) is 35.3 Å². The van der Waals surface area contributed by atoms with Crippen LogP contribution in [-0.2, 0) is 9.59 Å². The number of hydrogen-bond acceptors (Lipinski definition) is 10. The molecule has 0 radical (unpaired) electrons. The number of benzene rings is 1. The number of carbonyl (C=O) groups is 5. The molecule has 0 spiro atoms. The van der Waals surface area contributed by atoms with Crippen LogP contribution in [0.4, 0.5) is 0 Å². The van der Waals surface area contributed by atoms with Gasteiger partial charge in [0.2, 0.25) is 11.6 Å². The zero-order chi connectivity index (χ0) is 38.3. The van der Waals surface area contributed by atoms with Crippen LogP contribution in [0, 0.1) is 24.7 Å². The Morgan fingerprint density at radius 3 is 2.08 bits per heavy atom. The topological polar surface area (TPSA) is 204 Å². The van der Waals surface area contributed by atoms with Crippen molar-refractivity contribution in [2.75, 3.05) is 0 Å². The van der Waals surface area contributed by atoms with Gasteiger partial charge in [-0.25, -0.2) is 0 Å². The van der Waals surface area contributed by atoms with E-state index in [1.165, 1.54) is 45.1 Å². The first kappa shape index (κ1) is 40.5. The van der Waals surface area contributed by atoms with Crippen molar-refractivity contribution in [1.82, 2.24) is 5.32 Å². The quantitative estimate of drug-likeness (QED) is 0.210. The molecule has 2 aliphatic heterocycles. The molecule has 1 aliphatic carbocycles. The van der Waals surface area contributed by atoms with E-state index in [2.05, 4.69) is 5.32 Å². The van der Waals surface area contributed by atoms with Gasteiger partial charge < -0.3 is 31.5 Å². The summed E-state index contributed by atoms with van der Waals surface area (Å²) in [5, 5.41) is 45.6. The van der Waals surface area contributed by atoms with Crippen LogP contribution in [-0.4, -0.2) is 67.8 Å². The number of amides is 1. The van der Waals surface area contributed by atoms with Gasteiger partial charge in [0.1, 0.15) is 17.1 Å². The van der Waals surface area contributed by atoms with E-state index < -0.39 is 76.1 Å². The first-order valence-electron chi connectivity index (χ1n) is 16.8. The molecule has 0 unspecified atom stereocenters. The van der Waals surface area contributed by atoms with E-state index in [-0.39, 0.29) is 52.4 Å². The molecule has 1 aromatic carbocycles. The standard InChI is InChI=1S/C40H48N2O9/c1-20-11-9-8-10-12-23(4)40(51)42-34-33(41)39(50)31-28(38(34)49)18-26(7)37(48)32(31)36(47)25(6)17-24(5)35(46)22(3)14-16-27(43)15-13-21(2)30(45)19-29(20)44/h8-14,16-18,20,22,24,27,29,35,43-44,46,48H,15,19,41H2,1-7H3,(H,42,51)/b10-8?,11-9-,16-14-,21-13+,23-12?,25-17-/t20-,22-,24-,27-,29-,35-/m0/s1. The largest absolute Gasteiger partial charge is 0.507 e. The number of nitrogens with two attached hydrogens (primary N) is 1. The van der Waals surface area contributed by atoms with Crippen LogP contribution in [0.1, 0.15) is 91.0 Å². The van der Waals surface area contributed by atoms with Crippen molar-refractivity contribution in [3.8, 4) is 5.75 Å². The average molecular weight is 701 g/mol. The molecule has 3 aliphatic rings. The molecule has 0 saturated carbocycles. The average Bonchev–Trinajstić information content (AvgIpc) is 3.09. The summed E-state index contributed by atoms with van der Waals surface area (Å²) in [4.78, 5) is 66.8. The molecule has 0 fully saturated rings. The van der Waals surface area contributed by atoms with Crippen molar-refractivity contribution in [2.45, 2.75) is 79.6 Å². The molecule has 7 N–H and O–H groups in total. The number of aromatic hydroxyl groups is 1. The Hall–Kier alpha value is -4.97. The Balaban J connectivity index is 2.08. The highest BCUT2D eigenvalue weighted by Crippen LogP contribution is 2.36. The molecule has 1 amide bonds. The minimum Gasteiger partial charge on any atom is -0.507 e. The van der Waals surface area contributed by atoms with Crippen LogP contribution in [0.2, 0.25) is 0 Å². The Bertz CT molecular complexity index is 1820. The number of aryl methyl sites for hydroxylation is 1. The molecule has 11 nitrogen and oxygen atoms in total. The van der Waals surface area contributed by atoms with Crippen LogP contribution in [0.15, 0.2) is 88.9 Å². The summed E-state index contributed by atoms with van der Waals surface area (Å²) in [6, 6.07) is 1.26. The fraction of sp³-hybridized carbons (Fsp3) is 0.375. The molecule has 4 bridgehead atoms. The fourth-order valence-corrected chi connectivity index (χ4v) is 5.68. The van der Waals surface area contributed by atoms with Gasteiger partial charge in [0.25, 0.3) is 5.91 Å². The summed E-state index contributed by atoms with van der Waals surface area (Å²) in [6.45, 7) is 11.2. The number of fused-ring (bicyclic) bond motifs is 18. The fourth-order valence-electron chi connectivity index (χ4n) is 5.68. The normalized spacial score (nSPS) is 29.9. The van der Waals surface area contributed by atoms with Crippen LogP contribution < -0.4 is 11.1 Å². The first-order chi connectivity index (χ1) is 23.9. The van der Waals surface area contributed by atoms with Gasteiger partial charge >= 0.3 is 0 Å². The van der Waals surface area contributed by atoms with Gasteiger partial charge in [0.15, 0.2) is 11.6 Å². The summed E-state index contributed by atoms with van der Waals surface area (Å²) in [6.07, 6.45) is 11.3. The van der Waals surface area contributed by atoms with Crippen LogP contribution >= 0.6 is 0 Å². The second-order valence-electron chi connectivity index (χ2n) is 13.4. The lowest BCUT2D eigenvalue weighted by Crippen LogP contribution is -2.37. The Labute approximate surface area is 298 Å². The second-order valence-corrected chi connectivity index (χ2v) is 13.4. The first-order valence-corrected chi connectivity index (χ1v) is 16.8. The molecule has 1 aromatic rings. The number of rotatable bonds is 0. The van der Waals surface area contributed by atoms with Crippen molar-refractivity contribution in [1.29, 1.82) is 0 Å². The maximum absolute atomic E-state index is 13.8. The summed E-state index contributed by atoms with van der Waals surface area (Å²) in [5.74, 6) is -5.44. The lowest BCUT2D eigenvalue weighted by molar-refractivity contribution is -0.118. The van der Waals surface area contributed by atoms with Crippen molar-refractivity contribution in [3.63, 3.8) is 0 Å². The summed E-state index contributed by atoms with van der Waals surface area (Å²) >= 11 is 0. The maximum atomic E-state index is 13.8. The van der Waals surface area contributed by atoms with Crippen molar-refractivity contribution >= 4 is 29.0 Å². The van der Waals surface area contributed by atoms with Gasteiger partial charge in [-0.05, 0) is 56.9 Å². The van der Waals surface area contributed by atoms with E-state index >= 15 is 0 Å². The highest BCUT2D eigenvalue weighted by atomic mass is 16.3. The van der Waals surface area contributed by atoms with E-state index in [4.69, 9.17) is 5.73 Å². The maximum Gasteiger partial charge on any atom is 0.251 e. The number of ketones is 4. The predicted molar refractivity (Wildman–Crippen MR) is 194 cm³/mol. The van der Waals surface area contributed by atoms with Crippen molar-refractivity contribution in [3.05, 3.63) is 111 Å². The molecule has 51 heavy (non-hydrogen) atoms. The number of phenolic OH excluding ortho intramolecular Hbond substituents is 1. The van der Waals surface area contributed by atoms with E-state index in [9.17, 15) is 44.4 Å². The number of carbonyl (C=O) groups excluding carboxylic acids is 5. The minimum absolute atomic E-state index is 0.0835. The lowest BCUT2D eigenvalue weighted by atomic mass is 9.82. The summed E-state index contributed by atoms with van der Waals surface area (Å²) < 4.78 is 0. The van der Waals surface area contributed by atoms with E-state index in [0.29, 0.717) is 5.57 Å². The lowest BCUT2D eigenvalue weighted by Gasteiger charge is -2.24. The Morgan fingerprint density at radius 1 is 0.745 bits per heavy atom. The molecular formula is C40H48N2O9. The zero-order valence-corrected chi connectivity index (χ0v) is 30.1. The van der Waals surface area contributed by atoms with E-state index in [1.807, 2.05) is 0 Å². The third-order valence-electron chi connectivity index (χ3n) is 9.20. The minimum atomic E-state index is -1.01. The van der Waals surface area contributed by atoms with Crippen molar-refractivity contribution < 1.29 is 44.4 Å². The Kier molecular flexibility index (Phi) is 13.7. The van der Waals surface area contributed by atoms with E-state index in [1.54, 1.807) is 64.2 Å². The predicted octanol–water partition coefficient (Wildman–Crippen LogP) is 4.41. The SMILES string of the molecule is CC1=CC=C/C=C\[C@H](C)[C@@H](O)CC(=O)/C(C)=C/C[C@H](O)/C=C\[C@H](C)[C@H](O)[C@@H](C)/C=C(/C)C(=O)c2c(O)c(C)cc3c2C(=O)C(N)=C(NC1=O)C3=O. The van der Waals surface area contributed by atoms with Gasteiger partial charge in [-0.2, -0.15) is 0 Å². The van der Waals surface area contributed by atoms with Crippen LogP contribution in [0.3, 0.4) is 0 Å². The molecule has 4 rings (SSSR count). The third kappa shape index (κ3) is 9.63. The summed E-state index contributed by atoms with van der Waals surface area (Å²) in [5.41, 5.74) is 4.83. The molecular weight excluding hydrogens is 652 g/mol. The van der Waals surface area contributed by atoms with Crippen molar-refractivity contribution in [2.24, 2.45) is 23.5 Å². The number of Topliss-reactive ketones (excluding diaryl/α,β-unsaturated/α-hetero) is 4. The number of phenols is 1. The Morgan fingerprint density at radius 2 is 1.41 bits per heavy atom. The van der Waals surface area contributed by atoms with Gasteiger partial charge in [-0.3, -0.25) is 24.0 Å². The van der Waals surface area contributed by atoms with Crippen LogP contribution in [0.5, 0.6) is 5.75 Å². The molecule has 272 valence electrons. The van der Waals surface area contributed by atoms with Gasteiger partial charge in [-0.15, -0.1) is 0 Å². The molecule has 6 atom stereocenters. The second kappa shape index (κ2) is 17.3. The molecule has 2 heterocycles. The van der Waals surface area contributed by atoms with Gasteiger partial charge in [0.05, 0.1) is 29.4 Å². The highest BCUT2D eigenvalue weighted by Gasteiger charge is 2.38. The molecule has 0 aromatic heterocycles. The number of aliphatic hydroxyl groups excluding tert-OH is 3. The number of nitrogens with one attached hydrogen (secondary N) is 1. The molecule has 0 saturated heterocycles.